The number of aryl methyl sites for hydroxylation is 1. The second kappa shape index (κ2) is 9.24. The number of carbonyl (C=O) groups is 2. The van der Waals surface area contributed by atoms with Crippen molar-refractivity contribution in [2.24, 2.45) is 5.92 Å². The Labute approximate surface area is 189 Å². The Balaban J connectivity index is 1.63. The van der Waals surface area contributed by atoms with E-state index in [1.165, 1.54) is 7.11 Å². The molecule has 0 aliphatic carbocycles. The van der Waals surface area contributed by atoms with Crippen LogP contribution in [-0.4, -0.2) is 70.4 Å². The minimum atomic E-state index is -0.608. The van der Waals surface area contributed by atoms with E-state index in [9.17, 15) is 9.59 Å². The van der Waals surface area contributed by atoms with Gasteiger partial charge < -0.3 is 15.0 Å². The molecule has 2 aliphatic rings. The smallest absolute Gasteiger partial charge is 0.316 e. The van der Waals surface area contributed by atoms with Gasteiger partial charge in [0.2, 0.25) is 5.91 Å². The molecule has 170 valence electrons. The van der Waals surface area contributed by atoms with E-state index in [-0.39, 0.29) is 17.7 Å². The van der Waals surface area contributed by atoms with Crippen molar-refractivity contribution in [3.8, 4) is 6.01 Å². The Morgan fingerprint density at radius 1 is 1.25 bits per heavy atom. The molecule has 3 heterocycles. The van der Waals surface area contributed by atoms with Crippen LogP contribution in [0.3, 0.4) is 0 Å². The van der Waals surface area contributed by atoms with Crippen LogP contribution in [0, 0.1) is 5.92 Å². The third-order valence-corrected chi connectivity index (χ3v) is 6.72. The summed E-state index contributed by atoms with van der Waals surface area (Å²) in [6.07, 6.45) is 4.98. The summed E-state index contributed by atoms with van der Waals surface area (Å²) in [5.41, 5.74) is 2.08. The molecule has 1 fully saturated rings. The number of benzene rings is 1. The Kier molecular flexibility index (Phi) is 6.41. The number of likely N-dealkylation sites (tertiary alicyclic amines) is 1. The first-order chi connectivity index (χ1) is 15.5. The average molecular weight is 438 g/mol. The number of fused-ring (bicyclic) bond motifs is 1. The van der Waals surface area contributed by atoms with Crippen LogP contribution in [0.2, 0.25) is 0 Å². The molecule has 8 nitrogen and oxygen atoms in total. The maximum atomic E-state index is 13.6. The van der Waals surface area contributed by atoms with Gasteiger partial charge >= 0.3 is 6.01 Å². The summed E-state index contributed by atoms with van der Waals surface area (Å²) in [7, 11) is 1.54. The van der Waals surface area contributed by atoms with Gasteiger partial charge in [-0.25, -0.2) is 9.97 Å². The molecule has 0 saturated carbocycles. The van der Waals surface area contributed by atoms with Crippen molar-refractivity contribution in [2.45, 2.75) is 38.8 Å². The minimum Gasteiger partial charge on any atom is -0.467 e. The number of amides is 2. The summed E-state index contributed by atoms with van der Waals surface area (Å²) in [5, 5.41) is 3.30. The van der Waals surface area contributed by atoms with Gasteiger partial charge in [-0.05, 0) is 38.3 Å². The molecule has 1 aromatic carbocycles. The molecule has 4 rings (SSSR count). The molecule has 1 saturated heterocycles. The maximum Gasteiger partial charge on any atom is 0.316 e. The molecular weight excluding hydrogens is 406 g/mol. The molecule has 0 unspecified atom stereocenters. The molecule has 0 radical (unpaired) electrons. The third-order valence-electron chi connectivity index (χ3n) is 6.72. The van der Waals surface area contributed by atoms with Crippen molar-refractivity contribution in [1.82, 2.24) is 25.1 Å². The summed E-state index contributed by atoms with van der Waals surface area (Å²) < 4.78 is 5.05. The molecule has 1 spiro atoms. The number of rotatable bonds is 6. The van der Waals surface area contributed by atoms with Gasteiger partial charge in [0.05, 0.1) is 18.6 Å². The Bertz CT molecular complexity index is 976. The second-order valence-corrected chi connectivity index (χ2v) is 8.58. The molecule has 2 aliphatic heterocycles. The summed E-state index contributed by atoms with van der Waals surface area (Å²) in [4.78, 5) is 39.3. The fraction of sp³-hybridized carbons (Fsp3) is 0.500. The zero-order chi connectivity index (χ0) is 22.7. The predicted octanol–water partition coefficient (Wildman–Crippen LogP) is 1.90. The summed E-state index contributed by atoms with van der Waals surface area (Å²) in [6.45, 7) is 7.10. The van der Waals surface area contributed by atoms with E-state index in [2.05, 4.69) is 20.2 Å². The first-order valence-corrected chi connectivity index (χ1v) is 11.3. The Hall–Kier alpha value is -3.00. The van der Waals surface area contributed by atoms with Gasteiger partial charge in [-0.3, -0.25) is 14.5 Å². The number of hydrogen-bond acceptors (Lipinski definition) is 6. The fourth-order valence-electron chi connectivity index (χ4n) is 5.04. The highest BCUT2D eigenvalue weighted by Gasteiger charge is 2.52. The van der Waals surface area contributed by atoms with Crippen molar-refractivity contribution < 1.29 is 14.3 Å². The molecule has 2 amide bonds. The quantitative estimate of drug-likeness (QED) is 0.743. The monoisotopic (exact) mass is 437 g/mol. The van der Waals surface area contributed by atoms with Crippen molar-refractivity contribution in [1.29, 1.82) is 0 Å². The number of aromatic nitrogens is 2. The number of hydrogen-bond donors (Lipinski definition) is 1. The van der Waals surface area contributed by atoms with Crippen LogP contribution in [0.4, 0.5) is 0 Å². The van der Waals surface area contributed by atoms with Crippen LogP contribution in [0.25, 0.3) is 0 Å². The highest BCUT2D eigenvalue weighted by atomic mass is 16.5. The van der Waals surface area contributed by atoms with Gasteiger partial charge in [0, 0.05) is 56.2 Å². The minimum absolute atomic E-state index is 0.0925. The molecule has 0 bridgehead atoms. The van der Waals surface area contributed by atoms with Crippen LogP contribution in [-0.2, 0) is 17.8 Å². The lowest BCUT2D eigenvalue weighted by atomic mass is 9.81. The van der Waals surface area contributed by atoms with Crippen LogP contribution in [0.5, 0.6) is 6.01 Å². The van der Waals surface area contributed by atoms with Gasteiger partial charge in [0.1, 0.15) is 0 Å². The van der Waals surface area contributed by atoms with Crippen molar-refractivity contribution in [3.05, 3.63) is 53.3 Å². The maximum absolute atomic E-state index is 13.6. The largest absolute Gasteiger partial charge is 0.467 e. The number of ether oxygens (including phenoxy) is 1. The third kappa shape index (κ3) is 4.19. The highest BCUT2D eigenvalue weighted by molar-refractivity contribution is 5.97. The zero-order valence-electron chi connectivity index (χ0n) is 19.0. The normalized spacial score (nSPS) is 22.8. The van der Waals surface area contributed by atoms with Crippen molar-refractivity contribution in [3.63, 3.8) is 0 Å². The summed E-state index contributed by atoms with van der Waals surface area (Å²) in [5.74, 6) is -0.292. The van der Waals surface area contributed by atoms with Crippen molar-refractivity contribution in [2.75, 3.05) is 33.3 Å². The van der Waals surface area contributed by atoms with Crippen LogP contribution >= 0.6 is 0 Å². The van der Waals surface area contributed by atoms with Gasteiger partial charge in [0.25, 0.3) is 5.91 Å². The number of nitrogens with one attached hydrogen (secondary N) is 1. The standard InChI is InChI=1S/C24H31N5O3/c1-4-29(5-2)22(31)20-15-28(14-17-12-25-23(32-3)26-13-17)16-24(20)11-10-18-8-6-7-9-19(18)21(30)27-24/h6-9,12-13,20H,4-5,10-11,14-16H2,1-3H3,(H,27,30)/t20-,24+/m1/s1. The lowest BCUT2D eigenvalue weighted by Crippen LogP contribution is -2.58. The lowest BCUT2D eigenvalue weighted by Gasteiger charge is -2.36. The number of methoxy groups -OCH3 is 1. The molecule has 8 heteroatoms. The van der Waals surface area contributed by atoms with E-state index < -0.39 is 5.54 Å². The molecule has 2 aromatic rings. The summed E-state index contributed by atoms with van der Waals surface area (Å²) in [6, 6.07) is 8.06. The van der Waals surface area contributed by atoms with Gasteiger partial charge in [-0.15, -0.1) is 0 Å². The average Bonchev–Trinajstić information content (AvgIpc) is 3.09. The van der Waals surface area contributed by atoms with Gasteiger partial charge in [0.15, 0.2) is 0 Å². The van der Waals surface area contributed by atoms with Gasteiger partial charge in [-0.1, -0.05) is 18.2 Å². The van der Waals surface area contributed by atoms with E-state index in [0.29, 0.717) is 44.3 Å². The van der Waals surface area contributed by atoms with E-state index in [4.69, 9.17) is 4.74 Å². The molecular formula is C24H31N5O3. The molecule has 1 aromatic heterocycles. The van der Waals surface area contributed by atoms with E-state index >= 15 is 0 Å². The lowest BCUT2D eigenvalue weighted by molar-refractivity contribution is -0.136. The fourth-order valence-corrected chi connectivity index (χ4v) is 5.04. The number of carbonyl (C=O) groups excluding carboxylic acids is 2. The Morgan fingerprint density at radius 2 is 1.97 bits per heavy atom. The second-order valence-electron chi connectivity index (χ2n) is 8.58. The van der Waals surface area contributed by atoms with Crippen LogP contribution in [0.15, 0.2) is 36.7 Å². The topological polar surface area (TPSA) is 87.7 Å². The molecule has 1 N–H and O–H groups in total. The first kappa shape index (κ1) is 22.2. The van der Waals surface area contributed by atoms with Crippen molar-refractivity contribution >= 4 is 11.8 Å². The SMILES string of the molecule is CCN(CC)C(=O)[C@H]1CN(Cc2cnc(OC)nc2)C[C@@]12CCc1ccccc1C(=O)N2. The predicted molar refractivity (Wildman–Crippen MR) is 120 cm³/mol. The first-order valence-electron chi connectivity index (χ1n) is 11.3. The summed E-state index contributed by atoms with van der Waals surface area (Å²) >= 11 is 0. The van der Waals surface area contributed by atoms with Crippen LogP contribution in [0.1, 0.15) is 41.8 Å². The highest BCUT2D eigenvalue weighted by Crippen LogP contribution is 2.37. The molecule has 2 atom stereocenters. The molecule has 32 heavy (non-hydrogen) atoms. The van der Waals surface area contributed by atoms with E-state index in [1.54, 1.807) is 12.4 Å². The zero-order valence-corrected chi connectivity index (χ0v) is 19.0. The van der Waals surface area contributed by atoms with Crippen LogP contribution < -0.4 is 10.1 Å². The van der Waals surface area contributed by atoms with E-state index in [0.717, 1.165) is 24.0 Å². The Morgan fingerprint density at radius 3 is 2.66 bits per heavy atom. The van der Waals surface area contributed by atoms with Gasteiger partial charge in [-0.2, -0.15) is 0 Å². The number of nitrogens with zero attached hydrogens (tertiary/aromatic N) is 4. The van der Waals surface area contributed by atoms with E-state index in [1.807, 2.05) is 43.0 Å².